The Hall–Kier alpha value is -2.44. The predicted octanol–water partition coefficient (Wildman–Crippen LogP) is 2.62. The number of carboxylic acid groups (broad SMARTS) is 1. The number of H-pyrrole nitrogens is 1. The number of hydrogen-bond donors (Lipinski definition) is 2. The van der Waals surface area contributed by atoms with Crippen molar-refractivity contribution in [2.45, 2.75) is 13.2 Å². The summed E-state index contributed by atoms with van der Waals surface area (Å²) in [5.74, 6) is -1.04. The Kier molecular flexibility index (Phi) is 4.02. The van der Waals surface area contributed by atoms with Crippen LogP contribution in [0.5, 0.6) is 0 Å². The number of aromatic nitrogens is 2. The van der Waals surface area contributed by atoms with Crippen LogP contribution in [-0.2, 0) is 17.9 Å². The first-order valence-corrected chi connectivity index (χ1v) is 7.31. The van der Waals surface area contributed by atoms with Crippen molar-refractivity contribution in [1.29, 1.82) is 0 Å². The Labute approximate surface area is 133 Å². The van der Waals surface area contributed by atoms with E-state index in [1.54, 1.807) is 13.3 Å². The third kappa shape index (κ3) is 2.67. The van der Waals surface area contributed by atoms with Crippen LogP contribution < -0.4 is 0 Å². The van der Waals surface area contributed by atoms with Crippen LogP contribution >= 0.6 is 0 Å². The molecule has 0 unspecified atom stereocenters. The fourth-order valence-electron chi connectivity index (χ4n) is 3.02. The Bertz CT molecular complexity index is 884. The summed E-state index contributed by atoms with van der Waals surface area (Å²) in [5.41, 5.74) is 3.58. The van der Waals surface area contributed by atoms with Gasteiger partial charge in [0.1, 0.15) is 0 Å². The van der Waals surface area contributed by atoms with Crippen molar-refractivity contribution in [1.82, 2.24) is 14.9 Å². The van der Waals surface area contributed by atoms with Gasteiger partial charge in [0.25, 0.3) is 0 Å². The van der Waals surface area contributed by atoms with Gasteiger partial charge in [0.05, 0.1) is 18.3 Å². The molecule has 0 atom stereocenters. The number of rotatable bonds is 5. The molecule has 2 N–H and O–H groups in total. The van der Waals surface area contributed by atoms with Gasteiger partial charge in [-0.05, 0) is 25.7 Å². The number of fused-ring (bicyclic) bond motifs is 3. The van der Waals surface area contributed by atoms with E-state index in [-0.39, 0.29) is 12.3 Å². The minimum atomic E-state index is -1.04. The molecule has 0 amide bonds. The van der Waals surface area contributed by atoms with Crippen LogP contribution in [0, 0.1) is 0 Å². The summed E-state index contributed by atoms with van der Waals surface area (Å²) in [4.78, 5) is 21.0. The zero-order chi connectivity index (χ0) is 16.6. The van der Waals surface area contributed by atoms with Gasteiger partial charge in [-0.25, -0.2) is 9.78 Å². The summed E-state index contributed by atoms with van der Waals surface area (Å²) >= 11 is 0. The van der Waals surface area contributed by atoms with Crippen molar-refractivity contribution in [2.24, 2.45) is 0 Å². The maximum Gasteiger partial charge on any atom is 0.354 e. The molecule has 1 aromatic carbocycles. The highest BCUT2D eigenvalue weighted by molar-refractivity contribution is 6.12. The van der Waals surface area contributed by atoms with E-state index in [2.05, 4.69) is 20.9 Å². The normalized spacial score (nSPS) is 11.7. The molecule has 0 saturated carbocycles. The van der Waals surface area contributed by atoms with Gasteiger partial charge in [-0.1, -0.05) is 12.1 Å². The van der Waals surface area contributed by atoms with Gasteiger partial charge in [-0.2, -0.15) is 0 Å². The smallest absolute Gasteiger partial charge is 0.354 e. The zero-order valence-electron chi connectivity index (χ0n) is 13.4. The van der Waals surface area contributed by atoms with Gasteiger partial charge in [-0.15, -0.1) is 0 Å². The molecule has 0 aliphatic heterocycles. The molecule has 0 bridgehead atoms. The number of aromatic amines is 1. The molecule has 0 radical (unpaired) electrons. The van der Waals surface area contributed by atoms with Gasteiger partial charge < -0.3 is 19.7 Å². The number of nitrogens with zero attached hydrogens (tertiary/aromatic N) is 2. The van der Waals surface area contributed by atoms with Crippen molar-refractivity contribution >= 4 is 27.8 Å². The molecule has 3 rings (SSSR count). The Morgan fingerprint density at radius 2 is 2.09 bits per heavy atom. The molecular weight excluding hydrogens is 294 g/mol. The van der Waals surface area contributed by atoms with E-state index in [0.717, 1.165) is 33.9 Å². The first-order valence-electron chi connectivity index (χ1n) is 7.31. The summed E-state index contributed by atoms with van der Waals surface area (Å²) in [6.45, 7) is 0.969. The number of nitrogens with one attached hydrogen (secondary N) is 1. The van der Waals surface area contributed by atoms with Gasteiger partial charge >= 0.3 is 5.97 Å². The molecule has 2 aromatic heterocycles. The molecule has 0 aliphatic rings. The Balaban J connectivity index is 2.41. The molecule has 0 aliphatic carbocycles. The highest BCUT2D eigenvalue weighted by Gasteiger charge is 2.20. The van der Waals surface area contributed by atoms with E-state index in [4.69, 9.17) is 4.74 Å². The van der Waals surface area contributed by atoms with E-state index in [1.165, 1.54) is 0 Å². The summed E-state index contributed by atoms with van der Waals surface area (Å²) in [6, 6.07) is 6.05. The average Bonchev–Trinajstić information content (AvgIpc) is 2.86. The molecule has 6 nitrogen and oxygen atoms in total. The van der Waals surface area contributed by atoms with Gasteiger partial charge in [0, 0.05) is 35.5 Å². The summed E-state index contributed by atoms with van der Waals surface area (Å²) in [7, 11) is 5.57. The number of benzene rings is 1. The third-order valence-electron chi connectivity index (χ3n) is 3.83. The lowest BCUT2D eigenvalue weighted by molar-refractivity contribution is 0.0685. The predicted molar refractivity (Wildman–Crippen MR) is 88.7 cm³/mol. The van der Waals surface area contributed by atoms with E-state index < -0.39 is 5.97 Å². The number of carbonyl (C=O) groups is 1. The lowest BCUT2D eigenvalue weighted by Crippen LogP contribution is -2.11. The Morgan fingerprint density at radius 3 is 2.74 bits per heavy atom. The van der Waals surface area contributed by atoms with Crippen molar-refractivity contribution in [3.8, 4) is 0 Å². The highest BCUT2D eigenvalue weighted by atomic mass is 16.5. The molecule has 0 fully saturated rings. The Morgan fingerprint density at radius 1 is 1.30 bits per heavy atom. The summed E-state index contributed by atoms with van der Waals surface area (Å²) in [5, 5.41) is 11.4. The average molecular weight is 313 g/mol. The standard InChI is InChI=1S/C17H19N3O3/c1-20(2)8-10-5-4-6-12-14(10)15-11(9-23-3)16(17(21)22)18-7-13(15)19-12/h4-7,19H,8-9H2,1-3H3,(H,21,22). The van der Waals surface area contributed by atoms with Gasteiger partial charge in [0.2, 0.25) is 0 Å². The molecule has 120 valence electrons. The second kappa shape index (κ2) is 5.98. The first-order chi connectivity index (χ1) is 11.0. The number of hydrogen-bond acceptors (Lipinski definition) is 4. The molecule has 6 heteroatoms. The molecule has 0 saturated heterocycles. The number of aromatic carboxylic acids is 1. The number of ether oxygens (including phenoxy) is 1. The summed E-state index contributed by atoms with van der Waals surface area (Å²) in [6.07, 6.45) is 1.58. The maximum atomic E-state index is 11.5. The van der Waals surface area contributed by atoms with Crippen molar-refractivity contribution in [2.75, 3.05) is 21.2 Å². The maximum absolute atomic E-state index is 11.5. The topological polar surface area (TPSA) is 78.5 Å². The van der Waals surface area contributed by atoms with E-state index in [0.29, 0.717) is 5.56 Å². The van der Waals surface area contributed by atoms with Crippen molar-refractivity contribution < 1.29 is 14.6 Å². The minimum Gasteiger partial charge on any atom is -0.477 e. The molecule has 0 spiro atoms. The van der Waals surface area contributed by atoms with Crippen LogP contribution in [0.15, 0.2) is 24.4 Å². The second-order valence-corrected chi connectivity index (χ2v) is 5.81. The monoisotopic (exact) mass is 313 g/mol. The SMILES string of the molecule is COCc1c(C(=O)O)ncc2[nH]c3cccc(CN(C)C)c3c12. The lowest BCUT2D eigenvalue weighted by atomic mass is 10.0. The largest absolute Gasteiger partial charge is 0.477 e. The third-order valence-corrected chi connectivity index (χ3v) is 3.83. The van der Waals surface area contributed by atoms with Gasteiger partial charge in [0.15, 0.2) is 5.69 Å². The number of methoxy groups -OCH3 is 1. The number of pyridine rings is 1. The first kappa shape index (κ1) is 15.5. The zero-order valence-corrected chi connectivity index (χ0v) is 13.4. The van der Waals surface area contributed by atoms with Gasteiger partial charge in [-0.3, -0.25) is 0 Å². The van der Waals surface area contributed by atoms with Crippen LogP contribution in [0.25, 0.3) is 21.8 Å². The van der Waals surface area contributed by atoms with Crippen LogP contribution in [0.4, 0.5) is 0 Å². The van der Waals surface area contributed by atoms with E-state index in [1.807, 2.05) is 26.2 Å². The van der Waals surface area contributed by atoms with Crippen molar-refractivity contribution in [3.05, 3.63) is 41.2 Å². The molecular formula is C17H19N3O3. The highest BCUT2D eigenvalue weighted by Crippen LogP contribution is 2.32. The minimum absolute atomic E-state index is 0.0416. The van der Waals surface area contributed by atoms with Crippen LogP contribution in [0.3, 0.4) is 0 Å². The molecule has 23 heavy (non-hydrogen) atoms. The number of carboxylic acids is 1. The van der Waals surface area contributed by atoms with Crippen LogP contribution in [0.2, 0.25) is 0 Å². The second-order valence-electron chi connectivity index (χ2n) is 5.81. The van der Waals surface area contributed by atoms with E-state index >= 15 is 0 Å². The summed E-state index contributed by atoms with van der Waals surface area (Å²) < 4.78 is 5.24. The molecule has 3 aromatic rings. The fraction of sp³-hybridized carbons (Fsp3) is 0.294. The van der Waals surface area contributed by atoms with Crippen molar-refractivity contribution in [3.63, 3.8) is 0 Å². The lowest BCUT2D eigenvalue weighted by Gasteiger charge is -2.12. The molecule has 2 heterocycles. The van der Waals surface area contributed by atoms with Crippen LogP contribution in [0.1, 0.15) is 21.6 Å². The quantitative estimate of drug-likeness (QED) is 0.757. The fourth-order valence-corrected chi connectivity index (χ4v) is 3.02. The van der Waals surface area contributed by atoms with Crippen LogP contribution in [-0.4, -0.2) is 47.1 Å². The van der Waals surface area contributed by atoms with E-state index in [9.17, 15) is 9.90 Å².